The normalized spacial score (nSPS) is 27.4. The Bertz CT molecular complexity index is 373. The molecule has 92 valence electrons. The number of Topliss-reactive ketones (excluding diaryl/α,β-unsaturated/α-hetero) is 1. The fourth-order valence-corrected chi connectivity index (χ4v) is 2.19. The van der Waals surface area contributed by atoms with Gasteiger partial charge in [-0.25, -0.2) is 4.79 Å². The van der Waals surface area contributed by atoms with Gasteiger partial charge >= 0.3 is 6.09 Å². The van der Waals surface area contributed by atoms with E-state index >= 15 is 0 Å². The molecule has 4 heteroatoms. The van der Waals surface area contributed by atoms with Gasteiger partial charge in [-0.1, -0.05) is 31.2 Å². The van der Waals surface area contributed by atoms with E-state index in [1.54, 1.807) is 4.90 Å². The zero-order valence-corrected chi connectivity index (χ0v) is 9.96. The Morgan fingerprint density at radius 3 is 3.00 bits per heavy atom. The van der Waals surface area contributed by atoms with E-state index in [4.69, 9.17) is 4.74 Å². The fraction of sp³-hybridized carbons (Fsp3) is 0.538. The van der Waals surface area contributed by atoms with Crippen LogP contribution in [0.2, 0.25) is 0 Å². The topological polar surface area (TPSA) is 46.6 Å². The van der Waals surface area contributed by atoms with E-state index < -0.39 is 0 Å². The van der Waals surface area contributed by atoms with Gasteiger partial charge in [0.15, 0.2) is 5.78 Å². The number of cyclic esters (lactones) is 1. The van der Waals surface area contributed by atoms with E-state index in [1.165, 1.54) is 0 Å². The molecule has 1 unspecified atom stereocenters. The monoisotopic (exact) mass is 235 g/mol. The second-order valence-corrected chi connectivity index (χ2v) is 4.38. The lowest BCUT2D eigenvalue weighted by Gasteiger charge is -2.26. The first-order valence-electron chi connectivity index (χ1n) is 6.00. The minimum absolute atomic E-state index is 0.000741. The Hall–Kier alpha value is -1.58. The number of ether oxygens (including phenoxy) is 1. The van der Waals surface area contributed by atoms with E-state index in [2.05, 4.69) is 12.2 Å². The molecule has 0 bridgehead atoms. The van der Waals surface area contributed by atoms with Crippen molar-refractivity contribution < 1.29 is 14.3 Å². The van der Waals surface area contributed by atoms with Gasteiger partial charge < -0.3 is 4.74 Å². The third-order valence-corrected chi connectivity index (χ3v) is 3.26. The largest absolute Gasteiger partial charge is 0.447 e. The van der Waals surface area contributed by atoms with Gasteiger partial charge in [0, 0.05) is 12.3 Å². The summed E-state index contributed by atoms with van der Waals surface area (Å²) >= 11 is 0. The molecule has 0 N–H and O–H groups in total. The lowest BCUT2D eigenvalue weighted by Crippen LogP contribution is -2.41. The first-order chi connectivity index (χ1) is 8.22. The molecule has 0 saturated carbocycles. The Morgan fingerprint density at radius 1 is 1.53 bits per heavy atom. The molecule has 1 heterocycles. The Morgan fingerprint density at radius 2 is 2.35 bits per heavy atom. The van der Waals surface area contributed by atoms with Crippen molar-refractivity contribution in [2.24, 2.45) is 5.92 Å². The summed E-state index contributed by atoms with van der Waals surface area (Å²) in [5, 5.41) is 0. The summed E-state index contributed by atoms with van der Waals surface area (Å²) in [7, 11) is 0. The lowest BCUT2D eigenvalue weighted by molar-refractivity contribution is -0.119. The van der Waals surface area contributed by atoms with Gasteiger partial charge in [-0.05, 0) is 6.42 Å². The van der Waals surface area contributed by atoms with Crippen LogP contribution in [0.4, 0.5) is 4.79 Å². The minimum Gasteiger partial charge on any atom is -0.447 e. The number of carbonyl (C=O) groups excluding carboxylic acids is 2. The average molecular weight is 235 g/mol. The van der Waals surface area contributed by atoms with Crippen molar-refractivity contribution in [1.82, 2.24) is 4.90 Å². The maximum atomic E-state index is 11.6. The van der Waals surface area contributed by atoms with Gasteiger partial charge in [0.05, 0.1) is 12.6 Å². The maximum absolute atomic E-state index is 11.6. The molecule has 0 aromatic carbocycles. The van der Waals surface area contributed by atoms with Crippen LogP contribution < -0.4 is 0 Å². The zero-order valence-electron chi connectivity index (χ0n) is 9.96. The predicted octanol–water partition coefficient (Wildman–Crippen LogP) is 1.92. The van der Waals surface area contributed by atoms with Crippen LogP contribution in [0, 0.1) is 5.92 Å². The number of hydrogen-bond acceptors (Lipinski definition) is 3. The SMILES string of the molecule is CCC(=O)CN1C(=O)OC[C@@H]1C1C=CC=CC1. The summed E-state index contributed by atoms with van der Waals surface area (Å²) in [5.74, 6) is 0.334. The molecule has 1 aliphatic heterocycles. The van der Waals surface area contributed by atoms with Gasteiger partial charge in [0.1, 0.15) is 6.61 Å². The lowest BCUT2D eigenvalue weighted by atomic mass is 9.92. The molecule has 2 aliphatic rings. The number of amides is 1. The molecule has 0 aromatic heterocycles. The van der Waals surface area contributed by atoms with Crippen LogP contribution in [0.15, 0.2) is 24.3 Å². The third kappa shape index (κ3) is 2.57. The Labute approximate surface area is 101 Å². The van der Waals surface area contributed by atoms with Crippen molar-refractivity contribution in [3.8, 4) is 0 Å². The van der Waals surface area contributed by atoms with Gasteiger partial charge in [0.2, 0.25) is 0 Å². The highest BCUT2D eigenvalue weighted by molar-refractivity contribution is 5.84. The number of hydrogen-bond donors (Lipinski definition) is 0. The summed E-state index contributed by atoms with van der Waals surface area (Å²) in [6, 6.07) is -0.000741. The van der Waals surface area contributed by atoms with E-state index in [0.717, 1.165) is 6.42 Å². The number of carbonyl (C=O) groups is 2. The molecule has 0 spiro atoms. The third-order valence-electron chi connectivity index (χ3n) is 3.26. The molecule has 17 heavy (non-hydrogen) atoms. The van der Waals surface area contributed by atoms with E-state index in [-0.39, 0.29) is 30.4 Å². The molecule has 1 amide bonds. The van der Waals surface area contributed by atoms with Gasteiger partial charge in [-0.3, -0.25) is 9.69 Å². The predicted molar refractivity (Wildman–Crippen MR) is 63.5 cm³/mol. The number of ketones is 1. The smallest absolute Gasteiger partial charge is 0.410 e. The van der Waals surface area contributed by atoms with Crippen molar-refractivity contribution in [2.75, 3.05) is 13.2 Å². The van der Waals surface area contributed by atoms with Crippen molar-refractivity contribution in [3.05, 3.63) is 24.3 Å². The van der Waals surface area contributed by atoms with Crippen LogP contribution in [0.1, 0.15) is 19.8 Å². The van der Waals surface area contributed by atoms with Crippen LogP contribution in [0.5, 0.6) is 0 Å². The summed E-state index contributed by atoms with van der Waals surface area (Å²) in [5.41, 5.74) is 0. The first-order valence-corrected chi connectivity index (χ1v) is 6.00. The van der Waals surface area contributed by atoms with Crippen LogP contribution >= 0.6 is 0 Å². The molecule has 2 rings (SSSR count). The number of nitrogens with zero attached hydrogens (tertiary/aromatic N) is 1. The van der Waals surface area contributed by atoms with E-state index in [0.29, 0.717) is 13.0 Å². The molecule has 1 fully saturated rings. The summed E-state index contributed by atoms with van der Waals surface area (Å²) < 4.78 is 5.05. The second kappa shape index (κ2) is 5.17. The van der Waals surface area contributed by atoms with Gasteiger partial charge in [-0.2, -0.15) is 0 Å². The molecular formula is C13H17NO3. The molecule has 1 saturated heterocycles. The van der Waals surface area contributed by atoms with Crippen LogP contribution in [0.3, 0.4) is 0 Å². The molecule has 1 aliphatic carbocycles. The Balaban J connectivity index is 2.05. The van der Waals surface area contributed by atoms with Crippen molar-refractivity contribution in [3.63, 3.8) is 0 Å². The standard InChI is InChI=1S/C13H17NO3/c1-2-11(15)8-14-12(9-17-13(14)16)10-6-4-3-5-7-10/h3-6,10,12H,2,7-9H2,1H3/t10?,12-/m1/s1. The highest BCUT2D eigenvalue weighted by atomic mass is 16.6. The quantitative estimate of drug-likeness (QED) is 0.748. The van der Waals surface area contributed by atoms with Crippen molar-refractivity contribution >= 4 is 11.9 Å². The molecule has 2 atom stereocenters. The van der Waals surface area contributed by atoms with Crippen molar-refractivity contribution in [1.29, 1.82) is 0 Å². The van der Waals surface area contributed by atoms with Crippen molar-refractivity contribution in [2.45, 2.75) is 25.8 Å². The first kappa shape index (κ1) is 11.9. The van der Waals surface area contributed by atoms with Gasteiger partial charge in [-0.15, -0.1) is 0 Å². The van der Waals surface area contributed by atoms with E-state index in [9.17, 15) is 9.59 Å². The maximum Gasteiger partial charge on any atom is 0.410 e. The highest BCUT2D eigenvalue weighted by Crippen LogP contribution is 2.25. The van der Waals surface area contributed by atoms with E-state index in [1.807, 2.05) is 19.1 Å². The zero-order chi connectivity index (χ0) is 12.3. The minimum atomic E-state index is -0.361. The second-order valence-electron chi connectivity index (χ2n) is 4.38. The van der Waals surface area contributed by atoms with Crippen LogP contribution in [-0.4, -0.2) is 36.0 Å². The average Bonchev–Trinajstić information content (AvgIpc) is 2.72. The summed E-state index contributed by atoms with van der Waals surface area (Å²) in [6.45, 7) is 2.37. The van der Waals surface area contributed by atoms with Gasteiger partial charge in [0.25, 0.3) is 0 Å². The van der Waals surface area contributed by atoms with Crippen LogP contribution in [0.25, 0.3) is 0 Å². The molecule has 4 nitrogen and oxygen atoms in total. The molecule has 0 aromatic rings. The highest BCUT2D eigenvalue weighted by Gasteiger charge is 2.37. The van der Waals surface area contributed by atoms with Crippen LogP contribution in [-0.2, 0) is 9.53 Å². The number of rotatable bonds is 4. The summed E-state index contributed by atoms with van der Waals surface area (Å²) in [4.78, 5) is 24.6. The Kier molecular flexibility index (Phi) is 3.61. The number of allylic oxidation sites excluding steroid dienone is 3. The summed E-state index contributed by atoms with van der Waals surface area (Å²) in [6.07, 6.45) is 9.13. The fourth-order valence-electron chi connectivity index (χ4n) is 2.19. The molecule has 0 radical (unpaired) electrons. The molecular weight excluding hydrogens is 218 g/mol.